The van der Waals surface area contributed by atoms with Gasteiger partial charge in [0.15, 0.2) is 0 Å². The Morgan fingerprint density at radius 2 is 2.04 bits per heavy atom. The van der Waals surface area contributed by atoms with Gasteiger partial charge in [-0.05, 0) is 43.8 Å². The number of carbonyl (C=O) groups is 1. The highest BCUT2D eigenvalue weighted by atomic mass is 32.2. The second-order valence-corrected chi connectivity index (χ2v) is 9.49. The number of amides is 1. The number of piperidine rings is 2. The standard InChI is InChI=1S/C19H29N3O3S/c1-15-12-20-10-9-18(15)21-19(23)17-8-5-11-22(13-17)26(24,25)14-16-6-3-2-4-7-16/h2-4,6-7,15,17-18,20H,5,8-14H2,1H3,(H,21,23). The van der Waals surface area contributed by atoms with Crippen molar-refractivity contribution in [2.75, 3.05) is 26.2 Å². The van der Waals surface area contributed by atoms with Gasteiger partial charge in [0.1, 0.15) is 0 Å². The lowest BCUT2D eigenvalue weighted by atomic mass is 9.93. The van der Waals surface area contributed by atoms with Crippen molar-refractivity contribution in [3.63, 3.8) is 0 Å². The molecule has 2 heterocycles. The van der Waals surface area contributed by atoms with Crippen molar-refractivity contribution in [3.8, 4) is 0 Å². The van der Waals surface area contributed by atoms with Gasteiger partial charge in [-0.3, -0.25) is 4.79 Å². The predicted molar refractivity (Wildman–Crippen MR) is 102 cm³/mol. The molecule has 6 nitrogen and oxygen atoms in total. The molecule has 7 heteroatoms. The van der Waals surface area contributed by atoms with Crippen molar-refractivity contribution < 1.29 is 13.2 Å². The maximum absolute atomic E-state index is 12.8. The van der Waals surface area contributed by atoms with Crippen LogP contribution in [0, 0.1) is 11.8 Å². The molecule has 0 spiro atoms. The number of sulfonamides is 1. The molecule has 0 aliphatic carbocycles. The molecule has 2 N–H and O–H groups in total. The summed E-state index contributed by atoms with van der Waals surface area (Å²) in [4.78, 5) is 12.7. The zero-order chi connectivity index (χ0) is 18.6. The summed E-state index contributed by atoms with van der Waals surface area (Å²) in [7, 11) is -3.40. The largest absolute Gasteiger partial charge is 0.353 e. The fraction of sp³-hybridized carbons (Fsp3) is 0.632. The average Bonchev–Trinajstić information content (AvgIpc) is 2.64. The third-order valence-corrected chi connectivity index (χ3v) is 7.27. The molecular formula is C19H29N3O3S. The summed E-state index contributed by atoms with van der Waals surface area (Å²) in [6.45, 7) is 4.75. The third kappa shape index (κ3) is 4.84. The minimum Gasteiger partial charge on any atom is -0.353 e. The van der Waals surface area contributed by atoms with E-state index in [0.29, 0.717) is 19.0 Å². The molecule has 3 unspecified atom stereocenters. The molecule has 26 heavy (non-hydrogen) atoms. The molecule has 3 rings (SSSR count). The Balaban J connectivity index is 1.60. The average molecular weight is 380 g/mol. The quantitative estimate of drug-likeness (QED) is 0.809. The van der Waals surface area contributed by atoms with Crippen LogP contribution in [-0.2, 0) is 20.6 Å². The van der Waals surface area contributed by atoms with E-state index in [0.717, 1.165) is 37.9 Å². The van der Waals surface area contributed by atoms with Gasteiger partial charge in [0.25, 0.3) is 0 Å². The van der Waals surface area contributed by atoms with Crippen LogP contribution in [0.1, 0.15) is 31.7 Å². The summed E-state index contributed by atoms with van der Waals surface area (Å²) in [5, 5.41) is 6.49. The van der Waals surface area contributed by atoms with Gasteiger partial charge in [-0.1, -0.05) is 37.3 Å². The molecule has 0 bridgehead atoms. The van der Waals surface area contributed by atoms with Crippen LogP contribution in [0.4, 0.5) is 0 Å². The number of benzene rings is 1. The van der Waals surface area contributed by atoms with Crippen LogP contribution >= 0.6 is 0 Å². The first-order valence-corrected chi connectivity index (χ1v) is 11.1. The summed E-state index contributed by atoms with van der Waals surface area (Å²) >= 11 is 0. The Morgan fingerprint density at radius 3 is 2.77 bits per heavy atom. The van der Waals surface area contributed by atoms with Crippen molar-refractivity contribution >= 4 is 15.9 Å². The van der Waals surface area contributed by atoms with Crippen molar-refractivity contribution in [1.82, 2.24) is 14.9 Å². The minimum atomic E-state index is -3.40. The summed E-state index contributed by atoms with van der Waals surface area (Å²) in [5.41, 5.74) is 0.780. The molecule has 1 aromatic rings. The van der Waals surface area contributed by atoms with Crippen LogP contribution < -0.4 is 10.6 Å². The third-order valence-electron chi connectivity index (χ3n) is 5.45. The Morgan fingerprint density at radius 1 is 1.27 bits per heavy atom. The predicted octanol–water partition coefficient (Wildman–Crippen LogP) is 1.34. The topological polar surface area (TPSA) is 78.5 Å². The fourth-order valence-electron chi connectivity index (χ4n) is 3.81. The molecule has 0 radical (unpaired) electrons. The van der Waals surface area contributed by atoms with Crippen LogP contribution in [0.3, 0.4) is 0 Å². The van der Waals surface area contributed by atoms with Crippen LogP contribution in [0.15, 0.2) is 30.3 Å². The number of hydrogen-bond acceptors (Lipinski definition) is 4. The zero-order valence-corrected chi connectivity index (χ0v) is 16.2. The molecule has 0 aromatic heterocycles. The van der Waals surface area contributed by atoms with E-state index in [1.807, 2.05) is 30.3 Å². The number of rotatable bonds is 5. The normalized spacial score (nSPS) is 27.8. The first kappa shape index (κ1) is 19.3. The van der Waals surface area contributed by atoms with Crippen LogP contribution in [0.5, 0.6) is 0 Å². The van der Waals surface area contributed by atoms with Gasteiger partial charge in [-0.25, -0.2) is 12.7 Å². The van der Waals surface area contributed by atoms with Crippen molar-refractivity contribution in [2.24, 2.45) is 11.8 Å². The number of nitrogens with one attached hydrogen (secondary N) is 2. The molecule has 1 amide bonds. The second-order valence-electron chi connectivity index (χ2n) is 7.52. The fourth-order valence-corrected chi connectivity index (χ4v) is 5.42. The van der Waals surface area contributed by atoms with Gasteiger partial charge < -0.3 is 10.6 Å². The first-order chi connectivity index (χ1) is 12.5. The van der Waals surface area contributed by atoms with E-state index >= 15 is 0 Å². The lowest BCUT2D eigenvalue weighted by Crippen LogP contribution is -2.52. The summed E-state index contributed by atoms with van der Waals surface area (Å²) < 4.78 is 27.0. The van der Waals surface area contributed by atoms with E-state index in [1.165, 1.54) is 4.31 Å². The molecule has 2 fully saturated rings. The summed E-state index contributed by atoms with van der Waals surface area (Å²) in [6.07, 6.45) is 2.41. The van der Waals surface area contributed by atoms with Gasteiger partial charge in [-0.15, -0.1) is 0 Å². The lowest BCUT2D eigenvalue weighted by molar-refractivity contribution is -0.127. The highest BCUT2D eigenvalue weighted by Crippen LogP contribution is 2.22. The Hall–Kier alpha value is -1.44. The first-order valence-electron chi connectivity index (χ1n) is 9.48. The van der Waals surface area contributed by atoms with Crippen molar-refractivity contribution in [1.29, 1.82) is 0 Å². The van der Waals surface area contributed by atoms with E-state index in [1.54, 1.807) is 0 Å². The Bertz CT molecular complexity index is 708. The van der Waals surface area contributed by atoms with Gasteiger partial charge in [-0.2, -0.15) is 0 Å². The summed E-state index contributed by atoms with van der Waals surface area (Å²) in [5.74, 6) is 0.141. The van der Waals surface area contributed by atoms with Gasteiger partial charge in [0.05, 0.1) is 11.7 Å². The van der Waals surface area contributed by atoms with E-state index in [9.17, 15) is 13.2 Å². The van der Waals surface area contributed by atoms with Crippen LogP contribution in [0.25, 0.3) is 0 Å². The highest BCUT2D eigenvalue weighted by Gasteiger charge is 2.34. The Kier molecular flexibility index (Phi) is 6.32. The number of carbonyl (C=O) groups excluding carboxylic acids is 1. The van der Waals surface area contributed by atoms with Gasteiger partial charge >= 0.3 is 0 Å². The highest BCUT2D eigenvalue weighted by molar-refractivity contribution is 7.88. The van der Waals surface area contributed by atoms with E-state index in [4.69, 9.17) is 0 Å². The van der Waals surface area contributed by atoms with Crippen LogP contribution in [-0.4, -0.2) is 50.9 Å². The maximum Gasteiger partial charge on any atom is 0.224 e. The van der Waals surface area contributed by atoms with E-state index in [2.05, 4.69) is 17.6 Å². The molecule has 2 saturated heterocycles. The SMILES string of the molecule is CC1CNCCC1NC(=O)C1CCCN(S(=O)(=O)Cc2ccccc2)C1. The second kappa shape index (κ2) is 8.50. The van der Waals surface area contributed by atoms with Crippen molar-refractivity contribution in [2.45, 2.75) is 38.0 Å². The van der Waals surface area contributed by atoms with E-state index < -0.39 is 10.0 Å². The number of nitrogens with zero attached hydrogens (tertiary/aromatic N) is 1. The molecule has 0 saturated carbocycles. The van der Waals surface area contributed by atoms with Crippen molar-refractivity contribution in [3.05, 3.63) is 35.9 Å². The molecule has 144 valence electrons. The molecular weight excluding hydrogens is 350 g/mol. The molecule has 2 aliphatic rings. The lowest BCUT2D eigenvalue weighted by Gasteiger charge is -2.34. The summed E-state index contributed by atoms with van der Waals surface area (Å²) in [6, 6.07) is 9.39. The number of hydrogen-bond donors (Lipinski definition) is 2. The van der Waals surface area contributed by atoms with E-state index in [-0.39, 0.29) is 23.6 Å². The van der Waals surface area contributed by atoms with Crippen LogP contribution in [0.2, 0.25) is 0 Å². The molecule has 3 atom stereocenters. The maximum atomic E-state index is 12.8. The van der Waals surface area contributed by atoms with Gasteiger partial charge in [0, 0.05) is 19.1 Å². The monoisotopic (exact) mass is 379 g/mol. The minimum absolute atomic E-state index is 0.00311. The molecule has 2 aliphatic heterocycles. The molecule has 1 aromatic carbocycles. The smallest absolute Gasteiger partial charge is 0.224 e. The van der Waals surface area contributed by atoms with Gasteiger partial charge in [0.2, 0.25) is 15.9 Å². The zero-order valence-electron chi connectivity index (χ0n) is 15.4. The Labute approximate surface area is 156 Å².